The maximum Gasteiger partial charge on any atom is 0.262 e. The molecule has 4 nitrogen and oxygen atoms in total. The topological polar surface area (TPSA) is 66.6 Å². The van der Waals surface area contributed by atoms with Crippen LogP contribution in [0.2, 0.25) is 0 Å². The molecule has 0 heterocycles. The first-order chi connectivity index (χ1) is 8.13. The summed E-state index contributed by atoms with van der Waals surface area (Å²) in [5, 5.41) is 10.3. The van der Waals surface area contributed by atoms with Crippen molar-refractivity contribution in [1.29, 1.82) is 0 Å². The van der Waals surface area contributed by atoms with Crippen molar-refractivity contribution in [2.75, 3.05) is 6.54 Å². The summed E-state index contributed by atoms with van der Waals surface area (Å²) < 4.78 is 0. The Morgan fingerprint density at radius 1 is 1.12 bits per heavy atom. The van der Waals surface area contributed by atoms with Gasteiger partial charge in [0.05, 0.1) is 6.04 Å². The first-order valence-corrected chi connectivity index (χ1v) is 6.89. The van der Waals surface area contributed by atoms with Gasteiger partial charge in [-0.3, -0.25) is 10.0 Å². The van der Waals surface area contributed by atoms with Crippen LogP contribution in [0.5, 0.6) is 0 Å². The number of hydrogen-bond donors (Lipinski definition) is 2. The van der Waals surface area contributed by atoms with Gasteiger partial charge in [0.1, 0.15) is 0 Å². The quantitative estimate of drug-likeness (QED) is 0.353. The summed E-state index contributed by atoms with van der Waals surface area (Å²) >= 11 is 0. The first-order valence-electron chi connectivity index (χ1n) is 6.89. The molecule has 3 N–H and O–H groups in total. The summed E-state index contributed by atoms with van der Waals surface area (Å²) in [6.07, 6.45) is 8.09. The van der Waals surface area contributed by atoms with Crippen molar-refractivity contribution in [3.63, 3.8) is 0 Å². The van der Waals surface area contributed by atoms with Gasteiger partial charge in [0, 0.05) is 6.54 Å². The molecule has 0 aromatic rings. The summed E-state index contributed by atoms with van der Waals surface area (Å²) in [7, 11) is 0. The molecule has 0 aliphatic heterocycles. The minimum Gasteiger partial charge on any atom is -0.320 e. The molecule has 0 aromatic heterocycles. The summed E-state index contributed by atoms with van der Waals surface area (Å²) in [4.78, 5) is 11.6. The zero-order valence-corrected chi connectivity index (χ0v) is 11.3. The van der Waals surface area contributed by atoms with E-state index in [2.05, 4.69) is 13.8 Å². The third kappa shape index (κ3) is 8.16. The normalized spacial score (nSPS) is 12.5. The number of amides is 1. The molecular formula is C13H28N2O2. The van der Waals surface area contributed by atoms with Crippen molar-refractivity contribution < 1.29 is 10.0 Å². The van der Waals surface area contributed by atoms with E-state index in [4.69, 9.17) is 5.73 Å². The van der Waals surface area contributed by atoms with Gasteiger partial charge in [-0.05, 0) is 12.8 Å². The van der Waals surface area contributed by atoms with Gasteiger partial charge >= 0.3 is 0 Å². The highest BCUT2D eigenvalue weighted by atomic mass is 16.5. The molecule has 0 fully saturated rings. The van der Waals surface area contributed by atoms with Crippen molar-refractivity contribution in [2.45, 2.75) is 71.3 Å². The highest BCUT2D eigenvalue weighted by molar-refractivity contribution is 5.80. The van der Waals surface area contributed by atoms with Crippen molar-refractivity contribution >= 4 is 5.91 Å². The average molecular weight is 244 g/mol. The van der Waals surface area contributed by atoms with Crippen LogP contribution in [-0.2, 0) is 4.79 Å². The molecule has 0 radical (unpaired) electrons. The average Bonchev–Trinajstić information content (AvgIpc) is 2.34. The fourth-order valence-electron chi connectivity index (χ4n) is 1.71. The fraction of sp³-hybridized carbons (Fsp3) is 0.923. The Morgan fingerprint density at radius 3 is 2.29 bits per heavy atom. The Bertz CT molecular complexity index is 198. The zero-order valence-electron chi connectivity index (χ0n) is 11.3. The van der Waals surface area contributed by atoms with Gasteiger partial charge in [0.15, 0.2) is 0 Å². The van der Waals surface area contributed by atoms with Gasteiger partial charge in [-0.15, -0.1) is 0 Å². The minimum absolute atomic E-state index is 0.339. The molecule has 1 amide bonds. The lowest BCUT2D eigenvalue weighted by Gasteiger charge is -2.19. The molecule has 0 unspecified atom stereocenters. The number of carbonyl (C=O) groups is 1. The smallest absolute Gasteiger partial charge is 0.262 e. The van der Waals surface area contributed by atoms with Crippen molar-refractivity contribution in [2.24, 2.45) is 5.73 Å². The van der Waals surface area contributed by atoms with Crippen molar-refractivity contribution in [3.05, 3.63) is 0 Å². The van der Waals surface area contributed by atoms with Crippen LogP contribution < -0.4 is 5.73 Å². The lowest BCUT2D eigenvalue weighted by molar-refractivity contribution is -0.167. The van der Waals surface area contributed by atoms with Crippen molar-refractivity contribution in [1.82, 2.24) is 5.06 Å². The highest BCUT2D eigenvalue weighted by Crippen LogP contribution is 2.05. The highest BCUT2D eigenvalue weighted by Gasteiger charge is 2.18. The van der Waals surface area contributed by atoms with E-state index in [1.54, 1.807) is 0 Å². The van der Waals surface area contributed by atoms with Crippen LogP contribution in [0, 0.1) is 0 Å². The van der Waals surface area contributed by atoms with Crippen LogP contribution in [-0.4, -0.2) is 28.8 Å². The summed E-state index contributed by atoms with van der Waals surface area (Å²) in [5.41, 5.74) is 5.70. The molecule has 17 heavy (non-hydrogen) atoms. The molecule has 0 bridgehead atoms. The monoisotopic (exact) mass is 244 g/mol. The predicted molar refractivity (Wildman–Crippen MR) is 69.8 cm³/mol. The summed E-state index contributed by atoms with van der Waals surface area (Å²) in [6, 6.07) is -0.546. The van der Waals surface area contributed by atoms with Crippen LogP contribution in [0.25, 0.3) is 0 Å². The molecule has 0 aromatic carbocycles. The minimum atomic E-state index is -0.546. The Kier molecular flexibility index (Phi) is 10.2. The summed E-state index contributed by atoms with van der Waals surface area (Å²) in [6.45, 7) is 4.62. The van der Waals surface area contributed by atoms with Crippen LogP contribution in [0.1, 0.15) is 65.2 Å². The second-order valence-corrected chi connectivity index (χ2v) is 4.62. The molecule has 102 valence electrons. The van der Waals surface area contributed by atoms with Crippen LogP contribution in [0.3, 0.4) is 0 Å². The number of hydroxylamine groups is 2. The molecule has 0 rings (SSSR count). The molecule has 0 saturated heterocycles. The number of hydrogen-bond acceptors (Lipinski definition) is 3. The largest absolute Gasteiger partial charge is 0.320 e. The lowest BCUT2D eigenvalue weighted by atomic mass is 10.1. The maximum atomic E-state index is 11.6. The van der Waals surface area contributed by atoms with E-state index in [9.17, 15) is 10.0 Å². The van der Waals surface area contributed by atoms with Gasteiger partial charge in [-0.1, -0.05) is 52.4 Å². The SMILES string of the molecule is CCCCCCCN(O)C(=O)[C@H](N)CCCC. The van der Waals surface area contributed by atoms with Crippen molar-refractivity contribution in [3.8, 4) is 0 Å². The molecule has 0 spiro atoms. The molecule has 0 aliphatic carbocycles. The summed E-state index contributed by atoms with van der Waals surface area (Å²) in [5.74, 6) is -0.339. The maximum absolute atomic E-state index is 11.6. The van der Waals surface area contributed by atoms with E-state index in [0.717, 1.165) is 30.7 Å². The molecule has 4 heteroatoms. The van der Waals surface area contributed by atoms with Crippen LogP contribution in [0.15, 0.2) is 0 Å². The van der Waals surface area contributed by atoms with E-state index in [-0.39, 0.29) is 5.91 Å². The van der Waals surface area contributed by atoms with Gasteiger partial charge in [-0.25, -0.2) is 5.06 Å². The Morgan fingerprint density at radius 2 is 1.71 bits per heavy atom. The molecule has 1 atom stereocenters. The van der Waals surface area contributed by atoms with Gasteiger partial charge in [0.2, 0.25) is 0 Å². The zero-order chi connectivity index (χ0) is 13.1. The lowest BCUT2D eigenvalue weighted by Crippen LogP contribution is -2.42. The predicted octanol–water partition coefficient (Wildman–Crippen LogP) is 2.69. The third-order valence-electron chi connectivity index (χ3n) is 2.91. The van der Waals surface area contributed by atoms with Gasteiger partial charge < -0.3 is 5.73 Å². The number of unbranched alkanes of at least 4 members (excludes halogenated alkanes) is 5. The Balaban J connectivity index is 3.65. The molecule has 0 aliphatic rings. The van der Waals surface area contributed by atoms with Crippen LogP contribution >= 0.6 is 0 Å². The fourth-order valence-corrected chi connectivity index (χ4v) is 1.71. The second-order valence-electron chi connectivity index (χ2n) is 4.62. The molecular weight excluding hydrogens is 216 g/mol. The second kappa shape index (κ2) is 10.5. The van der Waals surface area contributed by atoms with Gasteiger partial charge in [0.25, 0.3) is 5.91 Å². The van der Waals surface area contributed by atoms with E-state index in [1.165, 1.54) is 19.3 Å². The van der Waals surface area contributed by atoms with E-state index >= 15 is 0 Å². The molecule has 0 saturated carbocycles. The third-order valence-corrected chi connectivity index (χ3v) is 2.91. The Labute approximate surface area is 105 Å². The number of rotatable bonds is 10. The number of nitrogens with two attached hydrogens (primary N) is 1. The number of carbonyl (C=O) groups excluding carboxylic acids is 1. The Hall–Kier alpha value is -0.610. The van der Waals surface area contributed by atoms with E-state index in [1.807, 2.05) is 0 Å². The standard InChI is InChI=1S/C13H28N2O2/c1-3-5-7-8-9-11-15(17)13(16)12(14)10-6-4-2/h12,17H,3-11,14H2,1-2H3/t12-/m1/s1. The number of nitrogens with zero attached hydrogens (tertiary/aromatic N) is 1. The first kappa shape index (κ1) is 16.4. The van der Waals surface area contributed by atoms with E-state index < -0.39 is 6.04 Å². The van der Waals surface area contributed by atoms with Crippen LogP contribution in [0.4, 0.5) is 0 Å². The van der Waals surface area contributed by atoms with E-state index in [0.29, 0.717) is 13.0 Å². The van der Waals surface area contributed by atoms with Gasteiger partial charge in [-0.2, -0.15) is 0 Å².